The molecule has 0 radical (unpaired) electrons. The summed E-state index contributed by atoms with van der Waals surface area (Å²) in [5.41, 5.74) is 0. The molecule has 0 aliphatic heterocycles. The molecule has 0 heterocycles. The minimum atomic E-state index is -2.44. The minimum absolute atomic E-state index is 1.42. The van der Waals surface area contributed by atoms with Crippen molar-refractivity contribution in [3.63, 3.8) is 0 Å². The molecule has 0 bridgehead atoms. The summed E-state index contributed by atoms with van der Waals surface area (Å²) in [4.78, 5) is -2.84. The van der Waals surface area contributed by atoms with Gasteiger partial charge in [-0.05, 0) is 0 Å². The van der Waals surface area contributed by atoms with Crippen LogP contribution < -0.4 is 0 Å². The highest BCUT2D eigenvalue weighted by atomic mass is 35.5. The van der Waals surface area contributed by atoms with Crippen LogP contribution in [-0.4, -0.2) is 25.7 Å². The Labute approximate surface area is 72.3 Å². The molecule has 0 saturated heterocycles. The summed E-state index contributed by atoms with van der Waals surface area (Å²) in [7, 11) is 0. The lowest BCUT2D eigenvalue weighted by atomic mass is 10.4. The second kappa shape index (κ2) is 3.46. The van der Waals surface area contributed by atoms with Crippen LogP contribution in [0.2, 0.25) is 0 Å². The molecule has 0 amide bonds. The fraction of sp³-hybridized carbons (Fsp3) is 1.00. The third kappa shape index (κ3) is 2.66. The molecule has 0 saturated carbocycles. The zero-order chi connectivity index (χ0) is 7.65. The number of alkyl halides is 4. The Hall–Kier alpha value is 1.08. The summed E-state index contributed by atoms with van der Waals surface area (Å²) >= 11 is 20.2. The predicted molar refractivity (Wildman–Crippen MR) is 38.2 cm³/mol. The number of aliphatic hydroxyl groups is 2. The van der Waals surface area contributed by atoms with Crippen LogP contribution in [0.4, 0.5) is 0 Å². The van der Waals surface area contributed by atoms with Crippen LogP contribution in [-0.2, 0) is 0 Å². The number of halogens is 4. The van der Waals surface area contributed by atoms with E-state index in [1.54, 1.807) is 0 Å². The standard InChI is InChI=1S/C3H4Cl4O2/c4-1(5)3(8,9)2(6)7/h1-2,8-9H. The lowest BCUT2D eigenvalue weighted by Gasteiger charge is -2.23. The molecule has 0 fully saturated rings. The third-order valence-corrected chi connectivity index (χ3v) is 1.93. The minimum Gasteiger partial charge on any atom is -0.361 e. The summed E-state index contributed by atoms with van der Waals surface area (Å²) in [6, 6.07) is 0. The van der Waals surface area contributed by atoms with Gasteiger partial charge in [0.25, 0.3) is 0 Å². The van der Waals surface area contributed by atoms with Crippen LogP contribution in [0.25, 0.3) is 0 Å². The maximum atomic E-state index is 8.70. The van der Waals surface area contributed by atoms with Crippen molar-refractivity contribution >= 4 is 46.4 Å². The van der Waals surface area contributed by atoms with Gasteiger partial charge < -0.3 is 10.2 Å². The molecule has 0 aromatic rings. The molecule has 9 heavy (non-hydrogen) atoms. The molecular formula is C3H4Cl4O2. The van der Waals surface area contributed by atoms with Crippen LogP contribution >= 0.6 is 46.4 Å². The smallest absolute Gasteiger partial charge is 0.225 e. The molecule has 0 unspecified atom stereocenters. The average molecular weight is 214 g/mol. The van der Waals surface area contributed by atoms with E-state index in [0.717, 1.165) is 0 Å². The molecule has 2 nitrogen and oxygen atoms in total. The highest BCUT2D eigenvalue weighted by Gasteiger charge is 2.38. The van der Waals surface area contributed by atoms with E-state index in [-0.39, 0.29) is 0 Å². The van der Waals surface area contributed by atoms with Gasteiger partial charge in [0.05, 0.1) is 0 Å². The van der Waals surface area contributed by atoms with Gasteiger partial charge in [-0.15, -0.1) is 0 Å². The molecule has 0 spiro atoms. The maximum Gasteiger partial charge on any atom is 0.225 e. The van der Waals surface area contributed by atoms with Crippen molar-refractivity contribution in [2.75, 3.05) is 0 Å². The number of hydrogen-bond donors (Lipinski definition) is 2. The Morgan fingerprint density at radius 2 is 1.11 bits per heavy atom. The van der Waals surface area contributed by atoms with Gasteiger partial charge in [-0.2, -0.15) is 0 Å². The van der Waals surface area contributed by atoms with Gasteiger partial charge in [0, 0.05) is 0 Å². The van der Waals surface area contributed by atoms with E-state index in [9.17, 15) is 0 Å². The topological polar surface area (TPSA) is 40.5 Å². The van der Waals surface area contributed by atoms with Crippen LogP contribution in [0.1, 0.15) is 0 Å². The lowest BCUT2D eigenvalue weighted by molar-refractivity contribution is -0.136. The Balaban J connectivity index is 4.01. The molecule has 0 aliphatic rings. The first-order valence-corrected chi connectivity index (χ1v) is 3.64. The molecule has 56 valence electrons. The third-order valence-electron chi connectivity index (χ3n) is 0.642. The molecule has 0 aromatic heterocycles. The van der Waals surface area contributed by atoms with Gasteiger partial charge in [0.1, 0.15) is 0 Å². The van der Waals surface area contributed by atoms with Gasteiger partial charge in [-0.3, -0.25) is 0 Å². The van der Waals surface area contributed by atoms with Crippen molar-refractivity contribution in [1.82, 2.24) is 0 Å². The number of rotatable bonds is 2. The predicted octanol–water partition coefficient (Wildman–Crippen LogP) is 1.27. The van der Waals surface area contributed by atoms with Gasteiger partial charge in [-0.1, -0.05) is 46.4 Å². The van der Waals surface area contributed by atoms with Crippen LogP contribution in [0.5, 0.6) is 0 Å². The Bertz CT molecular complexity index is 81.8. The van der Waals surface area contributed by atoms with Crippen molar-refractivity contribution in [1.29, 1.82) is 0 Å². The van der Waals surface area contributed by atoms with Crippen molar-refractivity contribution in [2.24, 2.45) is 0 Å². The Kier molecular flexibility index (Phi) is 3.88. The average Bonchev–Trinajstić information content (AvgIpc) is 1.65. The first kappa shape index (κ1) is 10.1. The second-order valence-electron chi connectivity index (χ2n) is 1.38. The monoisotopic (exact) mass is 212 g/mol. The summed E-state index contributed by atoms with van der Waals surface area (Å²) < 4.78 is 0. The van der Waals surface area contributed by atoms with E-state index >= 15 is 0 Å². The first-order chi connectivity index (χ1) is 3.89. The largest absolute Gasteiger partial charge is 0.361 e. The molecular weight excluding hydrogens is 210 g/mol. The number of hydrogen-bond acceptors (Lipinski definition) is 2. The van der Waals surface area contributed by atoms with Crippen molar-refractivity contribution in [3.8, 4) is 0 Å². The van der Waals surface area contributed by atoms with E-state index < -0.39 is 15.5 Å². The van der Waals surface area contributed by atoms with Gasteiger partial charge in [-0.25, -0.2) is 0 Å². The summed E-state index contributed by atoms with van der Waals surface area (Å²) in [5, 5.41) is 17.4. The molecule has 0 aliphatic carbocycles. The van der Waals surface area contributed by atoms with E-state index in [1.165, 1.54) is 0 Å². The van der Waals surface area contributed by atoms with E-state index in [2.05, 4.69) is 0 Å². The van der Waals surface area contributed by atoms with Crippen molar-refractivity contribution in [3.05, 3.63) is 0 Å². The molecule has 2 N–H and O–H groups in total. The van der Waals surface area contributed by atoms with E-state index in [1.807, 2.05) is 0 Å². The van der Waals surface area contributed by atoms with Crippen LogP contribution in [0.15, 0.2) is 0 Å². The summed E-state index contributed by atoms with van der Waals surface area (Å²) in [6.07, 6.45) is 0. The maximum absolute atomic E-state index is 8.70. The first-order valence-electron chi connectivity index (χ1n) is 1.90. The molecule has 6 heteroatoms. The van der Waals surface area contributed by atoms with Crippen molar-refractivity contribution < 1.29 is 10.2 Å². The van der Waals surface area contributed by atoms with E-state index in [4.69, 9.17) is 56.6 Å². The van der Waals surface area contributed by atoms with E-state index in [0.29, 0.717) is 0 Å². The quantitative estimate of drug-likeness (QED) is 0.536. The van der Waals surface area contributed by atoms with Crippen LogP contribution in [0, 0.1) is 0 Å². The Morgan fingerprint density at radius 1 is 0.889 bits per heavy atom. The summed E-state index contributed by atoms with van der Waals surface area (Å²) in [6.45, 7) is 0. The molecule has 0 atom stereocenters. The normalized spacial score (nSPS) is 13.3. The molecule has 0 rings (SSSR count). The van der Waals surface area contributed by atoms with Crippen LogP contribution in [0.3, 0.4) is 0 Å². The molecule has 0 aromatic carbocycles. The highest BCUT2D eigenvalue weighted by Crippen LogP contribution is 2.26. The fourth-order valence-electron chi connectivity index (χ4n) is 0.0952. The highest BCUT2D eigenvalue weighted by molar-refractivity contribution is 6.49. The van der Waals surface area contributed by atoms with Gasteiger partial charge in [0.15, 0.2) is 9.67 Å². The van der Waals surface area contributed by atoms with Gasteiger partial charge in [0.2, 0.25) is 5.79 Å². The lowest BCUT2D eigenvalue weighted by Crippen LogP contribution is -2.42. The zero-order valence-electron chi connectivity index (χ0n) is 4.06. The summed E-state index contributed by atoms with van der Waals surface area (Å²) in [5.74, 6) is -2.44. The second-order valence-corrected chi connectivity index (χ2v) is 3.58. The Morgan fingerprint density at radius 3 is 1.11 bits per heavy atom. The van der Waals surface area contributed by atoms with Crippen molar-refractivity contribution in [2.45, 2.75) is 15.5 Å². The van der Waals surface area contributed by atoms with Gasteiger partial charge >= 0.3 is 0 Å². The SMILES string of the molecule is OC(O)(C(Cl)Cl)C(Cl)Cl. The zero-order valence-corrected chi connectivity index (χ0v) is 7.08. The fourth-order valence-corrected chi connectivity index (χ4v) is 0.857.